The van der Waals surface area contributed by atoms with Gasteiger partial charge in [0, 0.05) is 37.9 Å². The number of hydrogen-bond donors (Lipinski definition) is 1. The van der Waals surface area contributed by atoms with E-state index in [0.29, 0.717) is 6.04 Å². The summed E-state index contributed by atoms with van der Waals surface area (Å²) in [5.74, 6) is 1.82. The Bertz CT molecular complexity index is 462. The van der Waals surface area contributed by atoms with Crippen molar-refractivity contribution in [2.24, 2.45) is 11.8 Å². The first-order valence-electron chi connectivity index (χ1n) is 7.64. The lowest BCUT2D eigenvalue weighted by molar-refractivity contribution is 0.374. The molecule has 4 heteroatoms. The van der Waals surface area contributed by atoms with Gasteiger partial charge in [-0.1, -0.05) is 12.5 Å². The number of thiocarbonyl (C=S) groups is 1. The van der Waals surface area contributed by atoms with Crippen LogP contribution in [0.3, 0.4) is 0 Å². The lowest BCUT2D eigenvalue weighted by Gasteiger charge is -2.28. The summed E-state index contributed by atoms with van der Waals surface area (Å²) >= 11 is 5.54. The summed E-state index contributed by atoms with van der Waals surface area (Å²) in [4.78, 5) is 6.50. The highest BCUT2D eigenvalue weighted by Gasteiger charge is 2.39. The lowest BCUT2D eigenvalue weighted by Crippen LogP contribution is -2.45. The molecule has 2 aliphatic rings. The van der Waals surface area contributed by atoms with Gasteiger partial charge in [-0.2, -0.15) is 0 Å². The molecule has 20 heavy (non-hydrogen) atoms. The van der Waals surface area contributed by atoms with Gasteiger partial charge in [-0.25, -0.2) is 0 Å². The summed E-state index contributed by atoms with van der Waals surface area (Å²) in [6.45, 7) is 0.920. The van der Waals surface area contributed by atoms with E-state index >= 15 is 0 Å². The van der Waals surface area contributed by atoms with Crippen LogP contribution in [0.1, 0.15) is 31.4 Å². The van der Waals surface area contributed by atoms with Gasteiger partial charge in [0.2, 0.25) is 0 Å². The Balaban J connectivity index is 1.45. The van der Waals surface area contributed by atoms with Gasteiger partial charge in [-0.05, 0) is 55.4 Å². The Kier molecular flexibility index (Phi) is 4.20. The lowest BCUT2D eigenvalue weighted by atomic mass is 9.95. The van der Waals surface area contributed by atoms with Crippen LogP contribution in [-0.2, 0) is 6.42 Å². The van der Waals surface area contributed by atoms with E-state index in [1.807, 2.05) is 18.3 Å². The molecule has 3 nitrogen and oxygen atoms in total. The topological polar surface area (TPSA) is 28.2 Å². The average Bonchev–Trinajstić information content (AvgIpc) is 3.08. The van der Waals surface area contributed by atoms with E-state index in [1.54, 1.807) is 0 Å². The molecule has 0 aliphatic heterocycles. The third kappa shape index (κ3) is 3.11. The summed E-state index contributed by atoms with van der Waals surface area (Å²) in [7, 11) is 2.07. The molecule has 3 rings (SSSR count). The molecule has 0 radical (unpaired) electrons. The van der Waals surface area contributed by atoms with Crippen molar-refractivity contribution in [3.8, 4) is 0 Å². The fraction of sp³-hybridized carbons (Fsp3) is 0.625. The predicted molar refractivity (Wildman–Crippen MR) is 85.5 cm³/mol. The molecule has 0 saturated heterocycles. The van der Waals surface area contributed by atoms with Crippen molar-refractivity contribution in [2.75, 3.05) is 13.6 Å². The smallest absolute Gasteiger partial charge is 0.168 e. The van der Waals surface area contributed by atoms with Crippen molar-refractivity contribution in [1.82, 2.24) is 15.2 Å². The number of hydrogen-bond acceptors (Lipinski definition) is 2. The van der Waals surface area contributed by atoms with Crippen LogP contribution in [0.15, 0.2) is 24.4 Å². The van der Waals surface area contributed by atoms with Crippen molar-refractivity contribution in [3.63, 3.8) is 0 Å². The van der Waals surface area contributed by atoms with Gasteiger partial charge in [0.1, 0.15) is 0 Å². The number of likely N-dealkylation sites (N-methyl/N-ethyl adjacent to an activating group) is 1. The van der Waals surface area contributed by atoms with Gasteiger partial charge in [-0.3, -0.25) is 4.98 Å². The summed E-state index contributed by atoms with van der Waals surface area (Å²) in [6, 6.07) is 6.68. The van der Waals surface area contributed by atoms with Crippen molar-refractivity contribution in [1.29, 1.82) is 0 Å². The van der Waals surface area contributed by atoms with E-state index in [0.717, 1.165) is 35.6 Å². The molecular formula is C16H23N3S. The van der Waals surface area contributed by atoms with E-state index in [9.17, 15) is 0 Å². The summed E-state index contributed by atoms with van der Waals surface area (Å²) in [5, 5.41) is 4.48. The van der Waals surface area contributed by atoms with Crippen molar-refractivity contribution >= 4 is 17.3 Å². The molecule has 1 heterocycles. The maximum absolute atomic E-state index is 5.54. The highest BCUT2D eigenvalue weighted by atomic mass is 32.1. The van der Waals surface area contributed by atoms with E-state index < -0.39 is 0 Å². The van der Waals surface area contributed by atoms with Crippen LogP contribution in [0.2, 0.25) is 0 Å². The second-order valence-corrected chi connectivity index (χ2v) is 6.61. The molecule has 0 spiro atoms. The van der Waals surface area contributed by atoms with E-state index in [1.165, 1.54) is 25.7 Å². The molecule has 0 aromatic carbocycles. The molecule has 2 aliphatic carbocycles. The molecule has 1 N–H and O–H groups in total. The third-order valence-corrected chi connectivity index (χ3v) is 5.25. The molecule has 3 atom stereocenters. The van der Waals surface area contributed by atoms with Gasteiger partial charge in [-0.15, -0.1) is 0 Å². The minimum Gasteiger partial charge on any atom is -0.360 e. The summed E-state index contributed by atoms with van der Waals surface area (Å²) in [6.07, 6.45) is 8.35. The second-order valence-electron chi connectivity index (χ2n) is 6.22. The molecular weight excluding hydrogens is 266 g/mol. The van der Waals surface area contributed by atoms with Crippen LogP contribution in [0.5, 0.6) is 0 Å². The van der Waals surface area contributed by atoms with E-state index in [-0.39, 0.29) is 0 Å². The molecule has 2 saturated carbocycles. The van der Waals surface area contributed by atoms with Crippen LogP contribution in [0, 0.1) is 11.8 Å². The summed E-state index contributed by atoms with van der Waals surface area (Å²) < 4.78 is 0. The Labute approximate surface area is 126 Å². The van der Waals surface area contributed by atoms with Gasteiger partial charge in [0.05, 0.1) is 0 Å². The zero-order valence-electron chi connectivity index (χ0n) is 12.1. The summed E-state index contributed by atoms with van der Waals surface area (Å²) in [5.41, 5.74) is 1.13. The first-order valence-corrected chi connectivity index (χ1v) is 8.04. The second kappa shape index (κ2) is 6.08. The first kappa shape index (κ1) is 13.8. The van der Waals surface area contributed by atoms with Gasteiger partial charge in [0.15, 0.2) is 5.11 Å². The SMILES string of the molecule is CN(CCc1ccccn1)C(=S)N[C@H]1C[C@@H]2CC[C@@H]1C2. The first-order chi connectivity index (χ1) is 9.72. The fourth-order valence-electron chi connectivity index (χ4n) is 3.62. The van der Waals surface area contributed by atoms with Crippen molar-refractivity contribution in [3.05, 3.63) is 30.1 Å². The standard InChI is InChI=1S/C16H23N3S/c1-19(9-7-14-4-2-3-8-17-14)16(20)18-15-11-12-5-6-13(15)10-12/h2-4,8,12-13,15H,5-7,9-11H2,1H3,(H,18,20)/t12-,13-,15+/m1/s1. The minimum atomic E-state index is 0.624. The molecule has 2 fully saturated rings. The third-order valence-electron chi connectivity index (χ3n) is 4.82. The average molecular weight is 289 g/mol. The van der Waals surface area contributed by atoms with Crippen LogP contribution < -0.4 is 5.32 Å². The zero-order chi connectivity index (χ0) is 13.9. The Morgan fingerprint density at radius 2 is 2.30 bits per heavy atom. The van der Waals surface area contributed by atoms with Gasteiger partial charge >= 0.3 is 0 Å². The maximum Gasteiger partial charge on any atom is 0.168 e. The van der Waals surface area contributed by atoms with Crippen molar-refractivity contribution in [2.45, 2.75) is 38.1 Å². The molecule has 2 bridgehead atoms. The normalized spacial score (nSPS) is 27.6. The van der Waals surface area contributed by atoms with Crippen LogP contribution >= 0.6 is 12.2 Å². The quantitative estimate of drug-likeness (QED) is 0.863. The number of pyridine rings is 1. The molecule has 108 valence electrons. The van der Waals surface area contributed by atoms with Gasteiger partial charge in [0.25, 0.3) is 0 Å². The molecule has 0 amide bonds. The number of aromatic nitrogens is 1. The molecule has 1 aromatic rings. The number of nitrogens with zero attached hydrogens (tertiary/aromatic N) is 2. The van der Waals surface area contributed by atoms with Crippen LogP contribution in [0.25, 0.3) is 0 Å². The maximum atomic E-state index is 5.54. The Hall–Kier alpha value is -1.16. The van der Waals surface area contributed by atoms with E-state index in [4.69, 9.17) is 12.2 Å². The van der Waals surface area contributed by atoms with Gasteiger partial charge < -0.3 is 10.2 Å². The molecule has 1 aromatic heterocycles. The fourth-order valence-corrected chi connectivity index (χ4v) is 3.86. The zero-order valence-corrected chi connectivity index (χ0v) is 12.9. The minimum absolute atomic E-state index is 0.624. The predicted octanol–water partition coefficient (Wildman–Crippen LogP) is 2.62. The number of rotatable bonds is 4. The van der Waals surface area contributed by atoms with Crippen LogP contribution in [0.4, 0.5) is 0 Å². The Morgan fingerprint density at radius 3 is 2.95 bits per heavy atom. The van der Waals surface area contributed by atoms with Crippen LogP contribution in [-0.4, -0.2) is 34.6 Å². The number of fused-ring (bicyclic) bond motifs is 2. The Morgan fingerprint density at radius 1 is 1.40 bits per heavy atom. The molecule has 0 unspecified atom stereocenters. The largest absolute Gasteiger partial charge is 0.360 e. The van der Waals surface area contributed by atoms with Crippen molar-refractivity contribution < 1.29 is 0 Å². The van der Waals surface area contributed by atoms with E-state index in [2.05, 4.69) is 28.3 Å². The monoisotopic (exact) mass is 289 g/mol. The number of nitrogens with one attached hydrogen (secondary N) is 1. The highest BCUT2D eigenvalue weighted by Crippen LogP contribution is 2.44. The highest BCUT2D eigenvalue weighted by molar-refractivity contribution is 7.80.